The van der Waals surface area contributed by atoms with Gasteiger partial charge < -0.3 is 0 Å². The molecule has 0 spiro atoms. The third-order valence-corrected chi connectivity index (χ3v) is 3.29. The Morgan fingerprint density at radius 1 is 1.38 bits per heavy atom. The minimum atomic E-state index is -0.0658. The molecule has 0 saturated carbocycles. The highest BCUT2D eigenvalue weighted by molar-refractivity contribution is 5.24. The molecular formula is C14H18N2. The summed E-state index contributed by atoms with van der Waals surface area (Å²) < 4.78 is 0. The molecule has 0 N–H and O–H groups in total. The fourth-order valence-corrected chi connectivity index (χ4v) is 2.46. The van der Waals surface area contributed by atoms with Gasteiger partial charge in [0.2, 0.25) is 0 Å². The molecule has 0 aromatic heterocycles. The normalized spacial score (nSPS) is 23.6. The lowest BCUT2D eigenvalue weighted by Crippen LogP contribution is -2.36. The van der Waals surface area contributed by atoms with Crippen LogP contribution in [0.4, 0.5) is 0 Å². The first kappa shape index (κ1) is 11.2. The lowest BCUT2D eigenvalue weighted by atomic mass is 9.97. The van der Waals surface area contributed by atoms with E-state index in [2.05, 4.69) is 17.9 Å². The number of benzene rings is 1. The molecule has 0 unspecified atom stereocenters. The smallest absolute Gasteiger partial charge is 0.123 e. The predicted molar refractivity (Wildman–Crippen MR) is 64.8 cm³/mol. The average Bonchev–Trinajstić information content (AvgIpc) is 2.31. The Labute approximate surface area is 97.5 Å². The molecule has 1 aliphatic heterocycles. The van der Waals surface area contributed by atoms with Crippen molar-refractivity contribution < 1.29 is 0 Å². The van der Waals surface area contributed by atoms with Gasteiger partial charge in [-0.1, -0.05) is 37.3 Å². The zero-order chi connectivity index (χ0) is 11.4. The zero-order valence-electron chi connectivity index (χ0n) is 9.76. The number of nitrogens with zero attached hydrogens (tertiary/aromatic N) is 2. The first-order chi connectivity index (χ1) is 7.81. The van der Waals surface area contributed by atoms with Crippen molar-refractivity contribution in [3.05, 3.63) is 35.9 Å². The van der Waals surface area contributed by atoms with Crippen LogP contribution >= 0.6 is 0 Å². The quantitative estimate of drug-likeness (QED) is 0.756. The Hall–Kier alpha value is -1.33. The molecule has 2 heteroatoms. The van der Waals surface area contributed by atoms with Gasteiger partial charge in [0.05, 0.1) is 6.07 Å². The van der Waals surface area contributed by atoms with Gasteiger partial charge in [-0.3, -0.25) is 4.90 Å². The molecule has 1 fully saturated rings. The molecule has 1 aromatic carbocycles. The Kier molecular flexibility index (Phi) is 3.58. The lowest BCUT2D eigenvalue weighted by molar-refractivity contribution is 0.156. The summed E-state index contributed by atoms with van der Waals surface area (Å²) in [5.74, 6) is 0.716. The van der Waals surface area contributed by atoms with Crippen LogP contribution in [0.25, 0.3) is 0 Å². The minimum absolute atomic E-state index is 0.0658. The summed E-state index contributed by atoms with van der Waals surface area (Å²) in [5, 5.41) is 9.33. The van der Waals surface area contributed by atoms with E-state index in [0.29, 0.717) is 5.92 Å². The summed E-state index contributed by atoms with van der Waals surface area (Å²) in [6.45, 7) is 4.37. The Balaban J connectivity index is 2.14. The molecule has 1 aromatic rings. The molecule has 84 valence electrons. The molecule has 1 aliphatic rings. The highest BCUT2D eigenvalue weighted by atomic mass is 15.2. The molecule has 1 heterocycles. The maximum absolute atomic E-state index is 9.33. The third-order valence-electron chi connectivity index (χ3n) is 3.29. The molecule has 0 amide bonds. The van der Waals surface area contributed by atoms with Crippen LogP contribution in [0.3, 0.4) is 0 Å². The topological polar surface area (TPSA) is 27.0 Å². The van der Waals surface area contributed by atoms with Gasteiger partial charge >= 0.3 is 0 Å². The maximum Gasteiger partial charge on any atom is 0.123 e. The molecule has 0 aliphatic carbocycles. The first-order valence-electron chi connectivity index (χ1n) is 6.00. The molecule has 16 heavy (non-hydrogen) atoms. The Morgan fingerprint density at radius 2 is 2.12 bits per heavy atom. The summed E-state index contributed by atoms with van der Waals surface area (Å²) in [5.41, 5.74) is 1.12. The number of likely N-dealkylation sites (tertiary alicyclic amines) is 1. The summed E-state index contributed by atoms with van der Waals surface area (Å²) in [6, 6.07) is 12.5. The van der Waals surface area contributed by atoms with Crippen molar-refractivity contribution in [2.75, 3.05) is 13.1 Å². The second-order valence-electron chi connectivity index (χ2n) is 4.68. The number of nitriles is 1. The van der Waals surface area contributed by atoms with Crippen LogP contribution in [0.2, 0.25) is 0 Å². The van der Waals surface area contributed by atoms with E-state index in [1.54, 1.807) is 0 Å². The number of hydrogen-bond donors (Lipinski definition) is 0. The van der Waals surface area contributed by atoms with Crippen LogP contribution in [0.5, 0.6) is 0 Å². The van der Waals surface area contributed by atoms with Crippen molar-refractivity contribution in [2.45, 2.75) is 25.8 Å². The van der Waals surface area contributed by atoms with E-state index in [4.69, 9.17) is 0 Å². The molecule has 2 nitrogen and oxygen atoms in total. The van der Waals surface area contributed by atoms with E-state index >= 15 is 0 Å². The van der Waals surface area contributed by atoms with Gasteiger partial charge in [0, 0.05) is 6.54 Å². The van der Waals surface area contributed by atoms with Gasteiger partial charge in [-0.25, -0.2) is 0 Å². The standard InChI is InChI=1S/C14H18N2/c1-12-6-5-9-16(11-12)14(10-15)13-7-3-2-4-8-13/h2-4,7-8,12,14H,5-6,9,11H2,1H3/t12-,14-/m0/s1. The van der Waals surface area contributed by atoms with Crippen molar-refractivity contribution in [3.63, 3.8) is 0 Å². The van der Waals surface area contributed by atoms with Gasteiger partial charge in [0.25, 0.3) is 0 Å². The van der Waals surface area contributed by atoms with Crippen LogP contribution in [-0.2, 0) is 0 Å². The number of hydrogen-bond acceptors (Lipinski definition) is 2. The summed E-state index contributed by atoms with van der Waals surface area (Å²) in [4.78, 5) is 2.31. The van der Waals surface area contributed by atoms with E-state index in [0.717, 1.165) is 18.7 Å². The minimum Gasteiger partial charge on any atom is -0.284 e. The van der Waals surface area contributed by atoms with Crippen molar-refractivity contribution >= 4 is 0 Å². The van der Waals surface area contributed by atoms with E-state index in [9.17, 15) is 5.26 Å². The van der Waals surface area contributed by atoms with Crippen LogP contribution in [0.15, 0.2) is 30.3 Å². The lowest BCUT2D eigenvalue weighted by Gasteiger charge is -2.34. The second-order valence-corrected chi connectivity index (χ2v) is 4.68. The fraction of sp³-hybridized carbons (Fsp3) is 0.500. The van der Waals surface area contributed by atoms with E-state index in [1.165, 1.54) is 12.8 Å². The highest BCUT2D eigenvalue weighted by Crippen LogP contribution is 2.25. The van der Waals surface area contributed by atoms with Gasteiger partial charge in [-0.05, 0) is 30.9 Å². The molecule has 2 atom stereocenters. The highest BCUT2D eigenvalue weighted by Gasteiger charge is 2.24. The monoisotopic (exact) mass is 214 g/mol. The molecule has 2 rings (SSSR count). The summed E-state index contributed by atoms with van der Waals surface area (Å²) in [7, 11) is 0. The Bertz CT molecular complexity index is 366. The van der Waals surface area contributed by atoms with Crippen LogP contribution in [0.1, 0.15) is 31.4 Å². The zero-order valence-corrected chi connectivity index (χ0v) is 9.76. The van der Waals surface area contributed by atoms with Crippen LogP contribution in [0, 0.1) is 17.2 Å². The number of rotatable bonds is 2. The third kappa shape index (κ3) is 2.43. The SMILES string of the molecule is C[C@H]1CCCN([C@@H](C#N)c2ccccc2)C1. The van der Waals surface area contributed by atoms with Gasteiger partial charge in [0.15, 0.2) is 0 Å². The van der Waals surface area contributed by atoms with E-state index < -0.39 is 0 Å². The first-order valence-corrected chi connectivity index (χ1v) is 6.00. The van der Waals surface area contributed by atoms with Crippen molar-refractivity contribution in [1.82, 2.24) is 4.90 Å². The van der Waals surface area contributed by atoms with E-state index in [-0.39, 0.29) is 6.04 Å². The van der Waals surface area contributed by atoms with Crippen LogP contribution in [-0.4, -0.2) is 18.0 Å². The average molecular weight is 214 g/mol. The molecule has 0 bridgehead atoms. The van der Waals surface area contributed by atoms with Gasteiger partial charge in [-0.2, -0.15) is 5.26 Å². The van der Waals surface area contributed by atoms with Crippen molar-refractivity contribution in [3.8, 4) is 6.07 Å². The fourth-order valence-electron chi connectivity index (χ4n) is 2.46. The number of piperidine rings is 1. The molecule has 0 radical (unpaired) electrons. The maximum atomic E-state index is 9.33. The van der Waals surface area contributed by atoms with Gasteiger partial charge in [0.1, 0.15) is 6.04 Å². The van der Waals surface area contributed by atoms with Gasteiger partial charge in [-0.15, -0.1) is 0 Å². The predicted octanol–water partition coefficient (Wildman–Crippen LogP) is 2.98. The summed E-state index contributed by atoms with van der Waals surface area (Å²) >= 11 is 0. The molecule has 1 saturated heterocycles. The molecular weight excluding hydrogens is 196 g/mol. The second kappa shape index (κ2) is 5.14. The largest absolute Gasteiger partial charge is 0.284 e. The summed E-state index contributed by atoms with van der Waals surface area (Å²) in [6.07, 6.45) is 2.51. The van der Waals surface area contributed by atoms with Crippen molar-refractivity contribution in [1.29, 1.82) is 5.26 Å². The van der Waals surface area contributed by atoms with Crippen LogP contribution < -0.4 is 0 Å². The van der Waals surface area contributed by atoms with E-state index in [1.807, 2.05) is 30.3 Å². The Morgan fingerprint density at radius 3 is 2.75 bits per heavy atom. The van der Waals surface area contributed by atoms with Crippen molar-refractivity contribution in [2.24, 2.45) is 5.92 Å².